The van der Waals surface area contributed by atoms with Crippen LogP contribution in [0.4, 0.5) is 0 Å². The highest BCUT2D eigenvalue weighted by molar-refractivity contribution is 7.17. The van der Waals surface area contributed by atoms with Crippen LogP contribution in [0, 0.1) is 0 Å². The van der Waals surface area contributed by atoms with Gasteiger partial charge in [0.2, 0.25) is 0 Å². The number of nitrogens with one attached hydrogen (secondary N) is 1. The summed E-state index contributed by atoms with van der Waals surface area (Å²) in [6.45, 7) is 0.841. The molecule has 94 valence electrons. The van der Waals surface area contributed by atoms with Crippen molar-refractivity contribution in [2.24, 2.45) is 0 Å². The molecule has 1 aromatic carbocycles. The first-order valence-corrected chi connectivity index (χ1v) is 7.09. The smallest absolute Gasteiger partial charge is 0.335 e. The van der Waals surface area contributed by atoms with E-state index in [-0.39, 0.29) is 0 Å². The van der Waals surface area contributed by atoms with Crippen molar-refractivity contribution in [1.29, 1.82) is 0 Å². The first kappa shape index (κ1) is 11.7. The van der Waals surface area contributed by atoms with Crippen molar-refractivity contribution in [2.75, 3.05) is 0 Å². The summed E-state index contributed by atoms with van der Waals surface area (Å²) in [5, 5.41) is 15.7. The summed E-state index contributed by atoms with van der Waals surface area (Å²) in [7, 11) is 0. The lowest BCUT2D eigenvalue weighted by atomic mass is 9.93. The average molecular weight is 261 g/mol. The minimum atomic E-state index is -0.860. The van der Waals surface area contributed by atoms with Gasteiger partial charge in [-0.2, -0.15) is 0 Å². The summed E-state index contributed by atoms with van der Waals surface area (Å²) in [6.07, 6.45) is 3.86. The zero-order chi connectivity index (χ0) is 12.5. The van der Waals surface area contributed by atoms with Crippen LogP contribution in [0.15, 0.2) is 23.6 Å². The van der Waals surface area contributed by atoms with Crippen LogP contribution in [0.2, 0.25) is 0 Å². The van der Waals surface area contributed by atoms with Crippen LogP contribution in [0.3, 0.4) is 0 Å². The molecular formula is C14H15NO2S. The third kappa shape index (κ3) is 2.13. The number of hydrogen-bond acceptors (Lipinski definition) is 3. The highest BCUT2D eigenvalue weighted by Crippen LogP contribution is 2.28. The lowest BCUT2D eigenvalue weighted by molar-refractivity contribution is 0.0697. The number of carboxylic acids is 1. The molecule has 18 heavy (non-hydrogen) atoms. The topological polar surface area (TPSA) is 49.3 Å². The van der Waals surface area contributed by atoms with E-state index in [2.05, 4.69) is 10.7 Å². The Balaban J connectivity index is 1.86. The number of rotatable bonds is 4. The minimum absolute atomic E-state index is 0.366. The first-order valence-electron chi connectivity index (χ1n) is 6.21. The molecule has 1 heterocycles. The number of aromatic carboxylic acids is 1. The molecular weight excluding hydrogens is 246 g/mol. The zero-order valence-electron chi connectivity index (χ0n) is 9.98. The molecule has 3 rings (SSSR count). The van der Waals surface area contributed by atoms with Gasteiger partial charge in [-0.15, -0.1) is 11.3 Å². The maximum absolute atomic E-state index is 11.0. The molecule has 0 radical (unpaired) electrons. The van der Waals surface area contributed by atoms with Crippen LogP contribution in [-0.4, -0.2) is 17.1 Å². The van der Waals surface area contributed by atoms with Gasteiger partial charge in [-0.05, 0) is 47.4 Å². The quantitative estimate of drug-likeness (QED) is 0.888. The Morgan fingerprint density at radius 3 is 2.94 bits per heavy atom. The Kier molecular flexibility index (Phi) is 3.06. The maximum Gasteiger partial charge on any atom is 0.335 e. The van der Waals surface area contributed by atoms with Crippen LogP contribution < -0.4 is 5.32 Å². The fourth-order valence-corrected chi connectivity index (χ4v) is 3.16. The van der Waals surface area contributed by atoms with Crippen LogP contribution in [0.1, 0.15) is 35.2 Å². The molecule has 0 aliphatic heterocycles. The minimum Gasteiger partial charge on any atom is -0.478 e. The van der Waals surface area contributed by atoms with Crippen molar-refractivity contribution >= 4 is 27.4 Å². The van der Waals surface area contributed by atoms with Crippen LogP contribution in [-0.2, 0) is 6.54 Å². The highest BCUT2D eigenvalue weighted by atomic mass is 32.1. The Morgan fingerprint density at radius 1 is 1.44 bits per heavy atom. The Morgan fingerprint density at radius 2 is 2.28 bits per heavy atom. The number of thiophene rings is 1. The maximum atomic E-state index is 11.0. The SMILES string of the molecule is O=C(O)c1ccc2scc(CNC3CCC3)c2c1. The van der Waals surface area contributed by atoms with Crippen molar-refractivity contribution in [3.05, 3.63) is 34.7 Å². The van der Waals surface area contributed by atoms with Gasteiger partial charge in [0.25, 0.3) is 0 Å². The molecule has 0 amide bonds. The van der Waals surface area contributed by atoms with E-state index in [9.17, 15) is 4.79 Å². The molecule has 1 aliphatic carbocycles. The molecule has 0 saturated heterocycles. The number of carboxylic acid groups (broad SMARTS) is 1. The van der Waals surface area contributed by atoms with E-state index in [0.29, 0.717) is 11.6 Å². The molecule has 2 N–H and O–H groups in total. The molecule has 1 aromatic heterocycles. The van der Waals surface area contributed by atoms with Gasteiger partial charge in [0.1, 0.15) is 0 Å². The Bertz CT molecular complexity index is 586. The van der Waals surface area contributed by atoms with Crippen LogP contribution in [0.25, 0.3) is 10.1 Å². The van der Waals surface area contributed by atoms with E-state index in [1.165, 1.54) is 24.8 Å². The molecule has 0 spiro atoms. The lowest BCUT2D eigenvalue weighted by Gasteiger charge is -2.26. The summed E-state index contributed by atoms with van der Waals surface area (Å²) in [4.78, 5) is 11.0. The average Bonchev–Trinajstić information content (AvgIpc) is 2.69. The number of carbonyl (C=O) groups is 1. The van der Waals surface area contributed by atoms with E-state index < -0.39 is 5.97 Å². The predicted octanol–water partition coefficient (Wildman–Crippen LogP) is 3.24. The summed E-state index contributed by atoms with van der Waals surface area (Å²) in [5.74, 6) is -0.860. The van der Waals surface area contributed by atoms with Crippen molar-refractivity contribution in [1.82, 2.24) is 5.32 Å². The van der Waals surface area contributed by atoms with E-state index in [0.717, 1.165) is 16.6 Å². The van der Waals surface area contributed by atoms with Gasteiger partial charge < -0.3 is 10.4 Å². The van der Waals surface area contributed by atoms with Crippen molar-refractivity contribution in [2.45, 2.75) is 31.8 Å². The van der Waals surface area contributed by atoms with E-state index in [1.807, 2.05) is 6.07 Å². The molecule has 1 fully saturated rings. The van der Waals surface area contributed by atoms with E-state index in [4.69, 9.17) is 5.11 Å². The fraction of sp³-hybridized carbons (Fsp3) is 0.357. The monoisotopic (exact) mass is 261 g/mol. The summed E-state index contributed by atoms with van der Waals surface area (Å²) in [5.41, 5.74) is 1.58. The molecule has 0 unspecified atom stereocenters. The Hall–Kier alpha value is -1.39. The van der Waals surface area contributed by atoms with Gasteiger partial charge in [0.15, 0.2) is 0 Å². The second-order valence-electron chi connectivity index (χ2n) is 4.79. The van der Waals surface area contributed by atoms with E-state index >= 15 is 0 Å². The largest absolute Gasteiger partial charge is 0.478 e. The third-order valence-corrected chi connectivity index (χ3v) is 4.60. The van der Waals surface area contributed by atoms with Crippen molar-refractivity contribution in [3.8, 4) is 0 Å². The number of fused-ring (bicyclic) bond motifs is 1. The van der Waals surface area contributed by atoms with E-state index in [1.54, 1.807) is 23.5 Å². The standard InChI is InChI=1S/C14H15NO2S/c16-14(17)9-4-5-13-12(6-9)10(8-18-13)7-15-11-2-1-3-11/h4-6,8,11,15H,1-3,7H2,(H,16,17). The van der Waals surface area contributed by atoms with Gasteiger partial charge in [0, 0.05) is 17.3 Å². The normalized spacial score (nSPS) is 15.8. The molecule has 3 nitrogen and oxygen atoms in total. The highest BCUT2D eigenvalue weighted by Gasteiger charge is 2.17. The van der Waals surface area contributed by atoms with Gasteiger partial charge in [-0.1, -0.05) is 6.42 Å². The molecule has 4 heteroatoms. The molecule has 1 aliphatic rings. The molecule has 1 saturated carbocycles. The van der Waals surface area contributed by atoms with Gasteiger partial charge >= 0.3 is 5.97 Å². The summed E-state index contributed by atoms with van der Waals surface area (Å²) < 4.78 is 1.16. The third-order valence-electron chi connectivity index (χ3n) is 3.59. The van der Waals surface area contributed by atoms with Crippen molar-refractivity contribution < 1.29 is 9.90 Å². The Labute approximate surface area is 109 Å². The van der Waals surface area contributed by atoms with Gasteiger partial charge in [0.05, 0.1) is 5.56 Å². The second kappa shape index (κ2) is 4.71. The molecule has 2 aromatic rings. The number of hydrogen-bond donors (Lipinski definition) is 2. The van der Waals surface area contributed by atoms with Gasteiger partial charge in [-0.25, -0.2) is 4.79 Å². The van der Waals surface area contributed by atoms with Crippen LogP contribution >= 0.6 is 11.3 Å². The lowest BCUT2D eigenvalue weighted by Crippen LogP contribution is -2.34. The summed E-state index contributed by atoms with van der Waals surface area (Å²) >= 11 is 1.68. The zero-order valence-corrected chi connectivity index (χ0v) is 10.8. The number of benzene rings is 1. The second-order valence-corrected chi connectivity index (χ2v) is 5.70. The summed E-state index contributed by atoms with van der Waals surface area (Å²) in [6, 6.07) is 6.01. The van der Waals surface area contributed by atoms with Crippen molar-refractivity contribution in [3.63, 3.8) is 0 Å². The predicted molar refractivity (Wildman–Crippen MR) is 73.3 cm³/mol. The van der Waals surface area contributed by atoms with Gasteiger partial charge in [-0.3, -0.25) is 0 Å². The first-order chi connectivity index (χ1) is 8.74. The fourth-order valence-electron chi connectivity index (χ4n) is 2.22. The molecule has 0 atom stereocenters. The van der Waals surface area contributed by atoms with Crippen LogP contribution in [0.5, 0.6) is 0 Å². The molecule has 0 bridgehead atoms.